The molecule has 2 heteroatoms. The van der Waals surface area contributed by atoms with E-state index in [1.165, 1.54) is 0 Å². The zero-order chi connectivity index (χ0) is 17.9. The van der Waals surface area contributed by atoms with Crippen LogP contribution in [0.25, 0.3) is 33.4 Å². The van der Waals surface area contributed by atoms with Gasteiger partial charge in [-0.25, -0.2) is 0 Å². The van der Waals surface area contributed by atoms with E-state index in [9.17, 15) is 10.2 Å². The predicted molar refractivity (Wildman–Crippen MR) is 106 cm³/mol. The van der Waals surface area contributed by atoms with Crippen LogP contribution in [0.4, 0.5) is 0 Å². The van der Waals surface area contributed by atoms with Gasteiger partial charge in [-0.1, -0.05) is 72.8 Å². The fourth-order valence-corrected chi connectivity index (χ4v) is 3.13. The average molecular weight is 338 g/mol. The normalized spacial score (nSPS) is 10.6. The molecule has 0 saturated carbocycles. The third-order valence-corrected chi connectivity index (χ3v) is 4.50. The van der Waals surface area contributed by atoms with Crippen molar-refractivity contribution in [1.29, 1.82) is 0 Å². The van der Waals surface area contributed by atoms with Crippen LogP contribution in [0.3, 0.4) is 0 Å². The SMILES string of the molecule is Oc1ccc(-c2ccc(O)c(-c3ccccc3)c2)cc1-c1ccccc1. The van der Waals surface area contributed by atoms with Crippen molar-refractivity contribution in [2.45, 2.75) is 0 Å². The Hall–Kier alpha value is -3.52. The van der Waals surface area contributed by atoms with Crippen LogP contribution in [0.1, 0.15) is 0 Å². The minimum absolute atomic E-state index is 0.252. The maximum atomic E-state index is 10.3. The van der Waals surface area contributed by atoms with Crippen molar-refractivity contribution >= 4 is 0 Å². The molecule has 0 amide bonds. The predicted octanol–water partition coefficient (Wildman–Crippen LogP) is 6.10. The average Bonchev–Trinajstić information content (AvgIpc) is 2.70. The Bertz CT molecular complexity index is 951. The van der Waals surface area contributed by atoms with Crippen molar-refractivity contribution in [2.75, 3.05) is 0 Å². The Labute approximate surface area is 152 Å². The van der Waals surface area contributed by atoms with Crippen molar-refractivity contribution in [3.63, 3.8) is 0 Å². The van der Waals surface area contributed by atoms with Crippen molar-refractivity contribution in [1.82, 2.24) is 0 Å². The number of phenols is 2. The summed E-state index contributed by atoms with van der Waals surface area (Å²) in [5.41, 5.74) is 5.48. The van der Waals surface area contributed by atoms with Gasteiger partial charge in [-0.3, -0.25) is 0 Å². The smallest absolute Gasteiger partial charge is 0.123 e. The second kappa shape index (κ2) is 6.77. The highest BCUT2D eigenvalue weighted by Crippen LogP contribution is 2.37. The molecule has 26 heavy (non-hydrogen) atoms. The zero-order valence-electron chi connectivity index (χ0n) is 14.1. The molecule has 4 aromatic carbocycles. The molecule has 0 unspecified atom stereocenters. The van der Waals surface area contributed by atoms with E-state index in [0.717, 1.165) is 33.4 Å². The highest BCUT2D eigenvalue weighted by Gasteiger charge is 2.10. The Morgan fingerprint density at radius 1 is 0.385 bits per heavy atom. The lowest BCUT2D eigenvalue weighted by Crippen LogP contribution is -1.85. The van der Waals surface area contributed by atoms with Gasteiger partial charge < -0.3 is 10.2 Å². The van der Waals surface area contributed by atoms with Crippen LogP contribution in [0.15, 0.2) is 97.1 Å². The largest absolute Gasteiger partial charge is 0.507 e. The first-order chi connectivity index (χ1) is 12.7. The van der Waals surface area contributed by atoms with E-state index in [1.807, 2.05) is 84.9 Å². The number of aromatic hydroxyl groups is 2. The first-order valence-electron chi connectivity index (χ1n) is 8.49. The summed E-state index contributed by atoms with van der Waals surface area (Å²) in [6.45, 7) is 0. The van der Waals surface area contributed by atoms with Crippen LogP contribution in [-0.2, 0) is 0 Å². The van der Waals surface area contributed by atoms with E-state index >= 15 is 0 Å². The molecule has 2 nitrogen and oxygen atoms in total. The van der Waals surface area contributed by atoms with Crippen molar-refractivity contribution in [3.8, 4) is 44.9 Å². The summed E-state index contributed by atoms with van der Waals surface area (Å²) in [6, 6.07) is 30.8. The van der Waals surface area contributed by atoms with Gasteiger partial charge in [0, 0.05) is 11.1 Å². The summed E-state index contributed by atoms with van der Waals surface area (Å²) in [4.78, 5) is 0. The van der Waals surface area contributed by atoms with E-state index in [2.05, 4.69) is 0 Å². The van der Waals surface area contributed by atoms with E-state index in [1.54, 1.807) is 12.1 Å². The fourth-order valence-electron chi connectivity index (χ4n) is 3.13. The maximum absolute atomic E-state index is 10.3. The van der Waals surface area contributed by atoms with E-state index in [-0.39, 0.29) is 11.5 Å². The highest BCUT2D eigenvalue weighted by atomic mass is 16.3. The molecular weight excluding hydrogens is 320 g/mol. The standard InChI is InChI=1S/C24H18O2/c25-23-13-11-19(15-21(23)17-7-3-1-4-8-17)20-12-14-24(26)22(16-20)18-9-5-2-6-10-18/h1-16,25-26H. The van der Waals surface area contributed by atoms with Crippen molar-refractivity contribution < 1.29 is 10.2 Å². The molecule has 0 spiro atoms. The number of rotatable bonds is 3. The third kappa shape index (κ3) is 3.05. The molecule has 0 bridgehead atoms. The summed E-state index contributed by atoms with van der Waals surface area (Å²) < 4.78 is 0. The molecule has 0 saturated heterocycles. The molecule has 126 valence electrons. The molecule has 0 atom stereocenters. The first kappa shape index (κ1) is 16.0. The Morgan fingerprint density at radius 3 is 1.15 bits per heavy atom. The number of hydrogen-bond acceptors (Lipinski definition) is 2. The quantitative estimate of drug-likeness (QED) is 0.474. The van der Waals surface area contributed by atoms with Crippen LogP contribution < -0.4 is 0 Å². The van der Waals surface area contributed by atoms with E-state index in [0.29, 0.717) is 0 Å². The minimum Gasteiger partial charge on any atom is -0.507 e. The van der Waals surface area contributed by atoms with Gasteiger partial charge in [0.2, 0.25) is 0 Å². The molecule has 4 aromatic rings. The van der Waals surface area contributed by atoms with Gasteiger partial charge in [-0.2, -0.15) is 0 Å². The molecule has 0 aromatic heterocycles. The van der Waals surface area contributed by atoms with Gasteiger partial charge >= 0.3 is 0 Å². The summed E-state index contributed by atoms with van der Waals surface area (Å²) >= 11 is 0. The molecule has 0 aliphatic heterocycles. The van der Waals surface area contributed by atoms with Crippen LogP contribution >= 0.6 is 0 Å². The van der Waals surface area contributed by atoms with Gasteiger partial charge in [0.15, 0.2) is 0 Å². The van der Waals surface area contributed by atoms with Gasteiger partial charge in [-0.05, 0) is 46.5 Å². The van der Waals surface area contributed by atoms with E-state index < -0.39 is 0 Å². The molecule has 0 radical (unpaired) electrons. The summed E-state index contributed by atoms with van der Waals surface area (Å²) in [5, 5.41) is 20.5. The minimum atomic E-state index is 0.252. The molecule has 0 aliphatic rings. The van der Waals surface area contributed by atoms with E-state index in [4.69, 9.17) is 0 Å². The second-order valence-electron chi connectivity index (χ2n) is 6.20. The lowest BCUT2D eigenvalue weighted by Gasteiger charge is -2.11. The zero-order valence-corrected chi connectivity index (χ0v) is 14.1. The molecular formula is C24H18O2. The van der Waals surface area contributed by atoms with Crippen LogP contribution in [0.2, 0.25) is 0 Å². The van der Waals surface area contributed by atoms with Gasteiger partial charge in [0.05, 0.1) is 0 Å². The lowest BCUT2D eigenvalue weighted by molar-refractivity contribution is 0.476. The molecule has 0 heterocycles. The van der Waals surface area contributed by atoms with Gasteiger partial charge in [-0.15, -0.1) is 0 Å². The van der Waals surface area contributed by atoms with Crippen LogP contribution in [-0.4, -0.2) is 10.2 Å². The van der Waals surface area contributed by atoms with Gasteiger partial charge in [0.25, 0.3) is 0 Å². The van der Waals surface area contributed by atoms with Crippen molar-refractivity contribution in [3.05, 3.63) is 97.1 Å². The Morgan fingerprint density at radius 2 is 0.769 bits per heavy atom. The Kier molecular flexibility index (Phi) is 4.16. The molecule has 0 aliphatic carbocycles. The summed E-state index contributed by atoms with van der Waals surface area (Å²) in [5.74, 6) is 0.504. The molecule has 2 N–H and O–H groups in total. The number of phenolic OH excluding ortho intramolecular Hbond substituents is 2. The first-order valence-corrected chi connectivity index (χ1v) is 8.49. The number of benzene rings is 4. The monoisotopic (exact) mass is 338 g/mol. The third-order valence-electron chi connectivity index (χ3n) is 4.50. The van der Waals surface area contributed by atoms with Gasteiger partial charge in [0.1, 0.15) is 11.5 Å². The Balaban J connectivity index is 1.82. The van der Waals surface area contributed by atoms with Crippen LogP contribution in [0.5, 0.6) is 11.5 Å². The number of hydrogen-bond donors (Lipinski definition) is 2. The summed E-state index contributed by atoms with van der Waals surface area (Å²) in [7, 11) is 0. The topological polar surface area (TPSA) is 40.5 Å². The lowest BCUT2D eigenvalue weighted by atomic mass is 9.95. The molecule has 0 fully saturated rings. The fraction of sp³-hybridized carbons (Fsp3) is 0. The maximum Gasteiger partial charge on any atom is 0.123 e. The molecule has 4 rings (SSSR count). The van der Waals surface area contributed by atoms with Crippen LogP contribution in [0, 0.1) is 0 Å². The second-order valence-corrected chi connectivity index (χ2v) is 6.20. The summed E-state index contributed by atoms with van der Waals surface area (Å²) in [6.07, 6.45) is 0. The highest BCUT2D eigenvalue weighted by molar-refractivity contribution is 5.81. The van der Waals surface area contributed by atoms with Crippen molar-refractivity contribution in [2.24, 2.45) is 0 Å².